The first-order chi connectivity index (χ1) is 12.5. The van der Waals surface area contributed by atoms with Crippen LogP contribution in [0.1, 0.15) is 29.7 Å². The van der Waals surface area contributed by atoms with Crippen LogP contribution in [-0.2, 0) is 6.54 Å². The van der Waals surface area contributed by atoms with Crippen LogP contribution in [0, 0.1) is 6.92 Å². The van der Waals surface area contributed by atoms with Crippen molar-refractivity contribution >= 4 is 29.9 Å². The molecule has 0 saturated carbocycles. The summed E-state index contributed by atoms with van der Waals surface area (Å²) in [5.74, 6) is 1.55. The van der Waals surface area contributed by atoms with Crippen LogP contribution in [0.4, 0.5) is 0 Å². The Morgan fingerprint density at radius 3 is 2.33 bits per heavy atom. The normalized spacial score (nSPS) is 12.1. The molecule has 2 aromatic rings. The van der Waals surface area contributed by atoms with E-state index in [2.05, 4.69) is 46.4 Å². The summed E-state index contributed by atoms with van der Waals surface area (Å²) in [5.41, 5.74) is 3.30. The molecule has 2 rings (SSSR count). The average molecular weight is 483 g/mol. The molecule has 0 heterocycles. The van der Waals surface area contributed by atoms with E-state index in [0.29, 0.717) is 6.54 Å². The quantitative estimate of drug-likeness (QED) is 0.358. The summed E-state index contributed by atoms with van der Waals surface area (Å²) in [6.07, 6.45) is -0.651. The zero-order chi connectivity index (χ0) is 18.9. The van der Waals surface area contributed by atoms with Gasteiger partial charge in [0.2, 0.25) is 0 Å². The van der Waals surface area contributed by atoms with E-state index < -0.39 is 6.10 Å². The van der Waals surface area contributed by atoms with Gasteiger partial charge in [-0.1, -0.05) is 42.0 Å². The van der Waals surface area contributed by atoms with Crippen LogP contribution in [0.5, 0.6) is 5.75 Å². The molecule has 2 aromatic carbocycles. The minimum atomic E-state index is -0.651. The molecule has 1 atom stereocenters. The summed E-state index contributed by atoms with van der Waals surface area (Å²) in [4.78, 5) is 6.66. The summed E-state index contributed by atoms with van der Waals surface area (Å²) in [5, 5.41) is 13.7. The molecular weight excluding hydrogens is 453 g/mol. The highest BCUT2D eigenvalue weighted by Gasteiger charge is 2.10. The Balaban J connectivity index is 0.00000364. The fourth-order valence-corrected chi connectivity index (χ4v) is 2.62. The maximum atomic E-state index is 10.4. The standard InChI is InChI=1S/C21H29N3O2.HI/c1-5-22-21(24(3)15-17-8-6-16(2)7-9-17)23-14-20(25)18-10-12-19(26-4)13-11-18;/h6-13,20,25H,5,14-15H2,1-4H3,(H,22,23);1H. The zero-order valence-corrected chi connectivity index (χ0v) is 18.8. The lowest BCUT2D eigenvalue weighted by Crippen LogP contribution is -2.38. The Morgan fingerprint density at radius 1 is 1.15 bits per heavy atom. The molecule has 0 aliphatic carbocycles. The topological polar surface area (TPSA) is 57.1 Å². The predicted octanol–water partition coefficient (Wildman–Crippen LogP) is 3.75. The van der Waals surface area contributed by atoms with Crippen molar-refractivity contribution in [3.63, 3.8) is 0 Å². The van der Waals surface area contributed by atoms with Gasteiger partial charge >= 0.3 is 0 Å². The lowest BCUT2D eigenvalue weighted by atomic mass is 10.1. The van der Waals surface area contributed by atoms with Gasteiger partial charge in [0.25, 0.3) is 0 Å². The van der Waals surface area contributed by atoms with E-state index in [1.165, 1.54) is 11.1 Å². The lowest BCUT2D eigenvalue weighted by Gasteiger charge is -2.23. The van der Waals surface area contributed by atoms with E-state index in [9.17, 15) is 5.11 Å². The van der Waals surface area contributed by atoms with Crippen molar-refractivity contribution in [1.29, 1.82) is 0 Å². The highest BCUT2D eigenvalue weighted by molar-refractivity contribution is 14.0. The fraction of sp³-hybridized carbons (Fsp3) is 0.381. The molecule has 0 aliphatic rings. The number of hydrogen-bond acceptors (Lipinski definition) is 3. The molecule has 1 unspecified atom stereocenters. The highest BCUT2D eigenvalue weighted by atomic mass is 127. The van der Waals surface area contributed by atoms with Crippen molar-refractivity contribution in [2.75, 3.05) is 27.2 Å². The second kappa shape index (κ2) is 11.8. The van der Waals surface area contributed by atoms with Crippen molar-refractivity contribution in [2.45, 2.75) is 26.5 Å². The molecule has 0 aromatic heterocycles. The number of halogens is 1. The van der Waals surface area contributed by atoms with Crippen molar-refractivity contribution < 1.29 is 9.84 Å². The molecule has 0 saturated heterocycles. The Hall–Kier alpha value is -1.80. The third-order valence-electron chi connectivity index (χ3n) is 4.15. The van der Waals surface area contributed by atoms with E-state index in [0.717, 1.165) is 30.4 Å². The minimum absolute atomic E-state index is 0. The molecule has 27 heavy (non-hydrogen) atoms. The number of guanidine groups is 1. The second-order valence-electron chi connectivity index (χ2n) is 6.33. The van der Waals surface area contributed by atoms with Gasteiger partial charge in [0, 0.05) is 20.1 Å². The van der Waals surface area contributed by atoms with E-state index in [-0.39, 0.29) is 24.0 Å². The molecule has 5 nitrogen and oxygen atoms in total. The summed E-state index contributed by atoms with van der Waals surface area (Å²) in [6.45, 7) is 5.95. The number of aryl methyl sites for hydroxylation is 1. The fourth-order valence-electron chi connectivity index (χ4n) is 2.62. The molecule has 0 amide bonds. The smallest absolute Gasteiger partial charge is 0.194 e. The zero-order valence-electron chi connectivity index (χ0n) is 16.5. The number of hydrogen-bond donors (Lipinski definition) is 2. The molecule has 0 radical (unpaired) electrons. The largest absolute Gasteiger partial charge is 0.497 e. The Morgan fingerprint density at radius 2 is 1.78 bits per heavy atom. The first kappa shape index (κ1) is 23.2. The summed E-state index contributed by atoms with van der Waals surface area (Å²) in [6, 6.07) is 15.9. The number of methoxy groups -OCH3 is 1. The van der Waals surface area contributed by atoms with E-state index in [1.807, 2.05) is 38.2 Å². The van der Waals surface area contributed by atoms with Crippen LogP contribution in [0.3, 0.4) is 0 Å². The summed E-state index contributed by atoms with van der Waals surface area (Å²) < 4.78 is 5.15. The van der Waals surface area contributed by atoms with Crippen LogP contribution in [0.15, 0.2) is 53.5 Å². The average Bonchev–Trinajstić information content (AvgIpc) is 2.66. The van der Waals surface area contributed by atoms with Gasteiger partial charge in [-0.05, 0) is 37.1 Å². The second-order valence-corrected chi connectivity index (χ2v) is 6.33. The Labute approximate surface area is 179 Å². The van der Waals surface area contributed by atoms with Crippen LogP contribution in [0.2, 0.25) is 0 Å². The molecule has 0 aliphatic heterocycles. The van der Waals surface area contributed by atoms with Gasteiger partial charge in [-0.2, -0.15) is 0 Å². The van der Waals surface area contributed by atoms with Crippen molar-refractivity contribution in [3.8, 4) is 5.75 Å². The summed E-state index contributed by atoms with van der Waals surface area (Å²) in [7, 11) is 3.63. The van der Waals surface area contributed by atoms with Crippen molar-refractivity contribution in [2.24, 2.45) is 4.99 Å². The van der Waals surface area contributed by atoms with Crippen molar-refractivity contribution in [3.05, 3.63) is 65.2 Å². The number of nitrogens with zero attached hydrogens (tertiary/aromatic N) is 2. The Kier molecular flexibility index (Phi) is 10.2. The maximum absolute atomic E-state index is 10.4. The number of aliphatic hydroxyl groups is 1. The van der Waals surface area contributed by atoms with Gasteiger partial charge in [-0.3, -0.25) is 4.99 Å². The lowest BCUT2D eigenvalue weighted by molar-refractivity contribution is 0.186. The number of nitrogens with one attached hydrogen (secondary N) is 1. The highest BCUT2D eigenvalue weighted by Crippen LogP contribution is 2.18. The molecule has 0 spiro atoms. The molecular formula is C21H30IN3O2. The third kappa shape index (κ3) is 7.38. The van der Waals surface area contributed by atoms with E-state index in [4.69, 9.17) is 4.74 Å². The molecule has 2 N–H and O–H groups in total. The van der Waals surface area contributed by atoms with Crippen LogP contribution < -0.4 is 10.1 Å². The van der Waals surface area contributed by atoms with Crippen LogP contribution >= 0.6 is 24.0 Å². The number of aliphatic imine (C=N–C) groups is 1. The van der Waals surface area contributed by atoms with Gasteiger partial charge in [0.05, 0.1) is 19.8 Å². The van der Waals surface area contributed by atoms with E-state index in [1.54, 1.807) is 7.11 Å². The van der Waals surface area contributed by atoms with Gasteiger partial charge in [0.1, 0.15) is 5.75 Å². The van der Waals surface area contributed by atoms with Crippen molar-refractivity contribution in [1.82, 2.24) is 10.2 Å². The molecule has 6 heteroatoms. The van der Waals surface area contributed by atoms with Gasteiger partial charge < -0.3 is 20.1 Å². The first-order valence-electron chi connectivity index (χ1n) is 8.90. The third-order valence-corrected chi connectivity index (χ3v) is 4.15. The monoisotopic (exact) mass is 483 g/mol. The SMILES string of the molecule is CCNC(=NCC(O)c1ccc(OC)cc1)N(C)Cc1ccc(C)cc1.I. The van der Waals surface area contributed by atoms with Gasteiger partial charge in [-0.25, -0.2) is 0 Å². The Bertz CT molecular complexity index is 702. The molecule has 0 bridgehead atoms. The van der Waals surface area contributed by atoms with Gasteiger partial charge in [0.15, 0.2) is 5.96 Å². The number of aliphatic hydroxyl groups excluding tert-OH is 1. The maximum Gasteiger partial charge on any atom is 0.194 e. The number of benzene rings is 2. The number of ether oxygens (including phenoxy) is 1. The molecule has 148 valence electrons. The van der Waals surface area contributed by atoms with Crippen LogP contribution in [0.25, 0.3) is 0 Å². The molecule has 0 fully saturated rings. The number of rotatable bonds is 7. The van der Waals surface area contributed by atoms with E-state index >= 15 is 0 Å². The first-order valence-corrected chi connectivity index (χ1v) is 8.90. The van der Waals surface area contributed by atoms with Gasteiger partial charge in [-0.15, -0.1) is 24.0 Å². The van der Waals surface area contributed by atoms with Crippen LogP contribution in [-0.4, -0.2) is 43.2 Å². The predicted molar refractivity (Wildman–Crippen MR) is 122 cm³/mol. The minimum Gasteiger partial charge on any atom is -0.497 e. The summed E-state index contributed by atoms with van der Waals surface area (Å²) >= 11 is 0.